The molecule has 0 aromatic rings. The molecular weight excluding hydrogens is 596 g/mol. The van der Waals surface area contributed by atoms with Crippen LogP contribution in [0.4, 0.5) is 0 Å². The molecule has 2 radical (unpaired) electrons. The molecule has 0 bridgehead atoms. The molecule has 264 valence electrons. The highest BCUT2D eigenvalue weighted by atomic mass is 27.0. The van der Waals surface area contributed by atoms with Gasteiger partial charge in [-0.15, -0.1) is 0 Å². The van der Waals surface area contributed by atoms with Gasteiger partial charge in [-0.25, -0.2) is 0 Å². The lowest BCUT2D eigenvalue weighted by Crippen LogP contribution is -1.91. The second-order valence-corrected chi connectivity index (χ2v) is 5.73. The Hall–Kier alpha value is 0.659. The number of ether oxygens (including phenoxy) is 8. The van der Waals surface area contributed by atoms with Gasteiger partial charge in [0.05, 0.1) is 106 Å². The third-order valence-corrected chi connectivity index (χ3v) is 2.36. The minimum Gasteiger partial charge on any atom is -0.394 e. The van der Waals surface area contributed by atoms with E-state index in [0.29, 0.717) is 52.9 Å². The van der Waals surface area contributed by atoms with Crippen molar-refractivity contribution in [2.24, 2.45) is 0 Å². The summed E-state index contributed by atoms with van der Waals surface area (Å²) in [5, 5.41) is 63.5. The van der Waals surface area contributed by atoms with Crippen LogP contribution in [0.5, 0.6) is 0 Å². The van der Waals surface area contributed by atoms with Gasteiger partial charge in [0.1, 0.15) is 0 Å². The van der Waals surface area contributed by atoms with E-state index in [-0.39, 0.29) is 93.3 Å². The van der Waals surface area contributed by atoms with E-state index in [9.17, 15) is 0 Å². The highest BCUT2D eigenvalue weighted by Gasteiger charge is 1.70. The maximum Gasteiger partial charge on any atom is 0.187 e. The normalized spacial score (nSPS) is 8.00. The molecule has 18 heteroatoms. The highest BCUT2D eigenvalue weighted by molar-refractivity contribution is 5.76. The Bertz CT molecular complexity index is 185. The van der Waals surface area contributed by atoms with Crippen molar-refractivity contribution in [2.45, 2.75) is 0 Å². The largest absolute Gasteiger partial charge is 0.394 e. The topological polar surface area (TPSA) is 236 Å². The number of methoxy groups -OCH3 is 8. The van der Waals surface area contributed by atoms with Crippen molar-refractivity contribution >= 4 is 40.4 Å². The first-order chi connectivity index (χ1) is 19.3. The molecule has 0 saturated heterocycles. The first-order valence-electron chi connectivity index (χ1n) is 12.1. The first-order valence-corrected chi connectivity index (χ1v) is 12.1. The summed E-state index contributed by atoms with van der Waals surface area (Å²) in [7, 11) is 12.4. The smallest absolute Gasteiger partial charge is 0.187 e. The number of aliphatic hydroxyl groups is 8. The predicted octanol–water partition coefficient (Wildman–Crippen LogP) is -4.56. The van der Waals surface area contributed by atoms with Gasteiger partial charge < -0.3 is 78.7 Å². The van der Waals surface area contributed by atoms with Crippen LogP contribution < -0.4 is 0 Å². The van der Waals surface area contributed by atoms with Gasteiger partial charge in [-0.2, -0.15) is 0 Å². The molecule has 0 aliphatic heterocycles. The van der Waals surface area contributed by atoms with Gasteiger partial charge in [0.25, 0.3) is 0 Å². The van der Waals surface area contributed by atoms with Crippen LogP contribution in [0, 0.1) is 0 Å². The summed E-state index contributed by atoms with van der Waals surface area (Å²) in [6, 6.07) is 0. The van der Waals surface area contributed by atoms with E-state index in [1.54, 1.807) is 56.9 Å². The quantitative estimate of drug-likeness (QED) is 0.0726. The Kier molecular flexibility index (Phi) is 187. The highest BCUT2D eigenvalue weighted by Crippen LogP contribution is 1.59. The van der Waals surface area contributed by atoms with E-state index >= 15 is 0 Å². The van der Waals surface area contributed by atoms with E-state index in [0.717, 1.165) is 0 Å². The molecule has 0 saturated carbocycles. The molecule has 0 unspecified atom stereocenters. The molecule has 16 nitrogen and oxygen atoms in total. The molecular formula is C24H67AlMgO16. The zero-order valence-electron chi connectivity index (χ0n) is 26.9. The maximum atomic E-state index is 7.94. The van der Waals surface area contributed by atoms with Crippen molar-refractivity contribution in [3.63, 3.8) is 0 Å². The standard InChI is InChI=1S/8C3H8O2.Al.Mg.3H/c8*1-5-3-2-4;;;;;/h8*4H,2-3H2,1H3;;;;;. The summed E-state index contributed by atoms with van der Waals surface area (Å²) in [6.07, 6.45) is 0. The number of rotatable bonds is 16. The molecule has 42 heavy (non-hydrogen) atoms. The maximum absolute atomic E-state index is 7.94. The van der Waals surface area contributed by atoms with Crippen molar-refractivity contribution in [1.82, 2.24) is 0 Å². The van der Waals surface area contributed by atoms with Crippen molar-refractivity contribution < 1.29 is 78.7 Å². The lowest BCUT2D eigenvalue weighted by atomic mass is 10.8. The Morgan fingerprint density at radius 2 is 0.333 bits per heavy atom. The lowest BCUT2D eigenvalue weighted by molar-refractivity contribution is 0.135. The van der Waals surface area contributed by atoms with Crippen LogP contribution in [0.25, 0.3) is 0 Å². The average Bonchev–Trinajstić information content (AvgIpc) is 2.95. The molecule has 0 aliphatic carbocycles. The second kappa shape index (κ2) is 113. The Morgan fingerprint density at radius 3 is 0.333 bits per heavy atom. The monoisotopic (exact) mass is 662 g/mol. The van der Waals surface area contributed by atoms with Crippen LogP contribution >= 0.6 is 0 Å². The van der Waals surface area contributed by atoms with Gasteiger partial charge in [-0.05, 0) is 0 Å². The Labute approximate surface area is 281 Å². The third kappa shape index (κ3) is 230. The third-order valence-electron chi connectivity index (χ3n) is 2.36. The summed E-state index contributed by atoms with van der Waals surface area (Å²) in [5.74, 6) is 0. The molecule has 0 atom stereocenters. The Balaban J connectivity index is -0.0000000346. The minimum atomic E-state index is 0. The van der Waals surface area contributed by atoms with E-state index < -0.39 is 0 Å². The fourth-order valence-electron chi connectivity index (χ4n) is 0.730. The molecule has 0 aromatic carbocycles. The van der Waals surface area contributed by atoms with Crippen molar-refractivity contribution in [3.8, 4) is 0 Å². The lowest BCUT2D eigenvalue weighted by Gasteiger charge is -1.84. The van der Waals surface area contributed by atoms with Crippen LogP contribution in [0.2, 0.25) is 0 Å². The van der Waals surface area contributed by atoms with E-state index in [2.05, 4.69) is 37.9 Å². The molecule has 0 rings (SSSR count). The molecule has 0 amide bonds. The van der Waals surface area contributed by atoms with E-state index in [4.69, 9.17) is 40.9 Å². The van der Waals surface area contributed by atoms with Crippen LogP contribution in [0.1, 0.15) is 0 Å². The average molecular weight is 663 g/mol. The molecule has 0 heterocycles. The SMILES string of the molecule is COCCO.COCCO.COCCO.COCCO.COCCO.COCCO.COCCO.COCCO.[AlH3].[Mg]. The molecule has 0 spiro atoms. The van der Waals surface area contributed by atoms with Gasteiger partial charge in [-0.1, -0.05) is 0 Å². The molecule has 8 N–H and O–H groups in total. The molecule has 0 aromatic heterocycles. The van der Waals surface area contributed by atoms with Gasteiger partial charge in [0.2, 0.25) is 0 Å². The summed E-state index contributed by atoms with van der Waals surface area (Å²) in [4.78, 5) is 0. The van der Waals surface area contributed by atoms with Crippen molar-refractivity contribution in [2.75, 3.05) is 163 Å². The first kappa shape index (κ1) is 69.4. The summed E-state index contributed by atoms with van der Waals surface area (Å²) in [6.45, 7) is 4.53. The van der Waals surface area contributed by atoms with Crippen LogP contribution in [0.3, 0.4) is 0 Å². The van der Waals surface area contributed by atoms with Crippen LogP contribution in [-0.2, 0) is 37.9 Å². The minimum absolute atomic E-state index is 0. The zero-order chi connectivity index (χ0) is 33.0. The van der Waals surface area contributed by atoms with Gasteiger partial charge in [0, 0.05) is 79.9 Å². The zero-order valence-corrected chi connectivity index (χ0v) is 28.3. The van der Waals surface area contributed by atoms with Crippen LogP contribution in [0.15, 0.2) is 0 Å². The summed E-state index contributed by atoms with van der Waals surface area (Å²) in [5.41, 5.74) is 0. The van der Waals surface area contributed by atoms with Crippen LogP contribution in [-0.4, -0.2) is 244 Å². The summed E-state index contributed by atoms with van der Waals surface area (Å²) < 4.78 is 35.5. The van der Waals surface area contributed by atoms with Crippen molar-refractivity contribution in [1.29, 1.82) is 0 Å². The second-order valence-electron chi connectivity index (χ2n) is 5.73. The Morgan fingerprint density at radius 1 is 0.262 bits per heavy atom. The number of aliphatic hydroxyl groups excluding tert-OH is 8. The predicted molar refractivity (Wildman–Crippen MR) is 167 cm³/mol. The fourth-order valence-corrected chi connectivity index (χ4v) is 0.730. The number of hydrogen-bond acceptors (Lipinski definition) is 16. The van der Waals surface area contributed by atoms with Gasteiger partial charge in [0.15, 0.2) is 17.4 Å². The molecule has 0 aliphatic rings. The van der Waals surface area contributed by atoms with Gasteiger partial charge in [-0.3, -0.25) is 0 Å². The summed E-state index contributed by atoms with van der Waals surface area (Å²) >= 11 is 0. The van der Waals surface area contributed by atoms with Gasteiger partial charge >= 0.3 is 0 Å². The van der Waals surface area contributed by atoms with E-state index in [1.165, 1.54) is 0 Å². The van der Waals surface area contributed by atoms with E-state index in [1.807, 2.05) is 0 Å². The molecule has 0 fully saturated rings. The fraction of sp³-hybridized carbons (Fsp3) is 1.00. The number of hydrogen-bond donors (Lipinski definition) is 8. The van der Waals surface area contributed by atoms with Crippen molar-refractivity contribution in [3.05, 3.63) is 0 Å².